The van der Waals surface area contributed by atoms with Gasteiger partial charge in [0.05, 0.1) is 24.2 Å². The summed E-state index contributed by atoms with van der Waals surface area (Å²) in [6, 6.07) is 2.88. The number of aliphatic hydroxyl groups is 1. The zero-order valence-electron chi connectivity index (χ0n) is 10.8. The van der Waals surface area contributed by atoms with E-state index in [-0.39, 0.29) is 25.4 Å². The third-order valence-corrected chi connectivity index (χ3v) is 3.19. The van der Waals surface area contributed by atoms with Crippen molar-refractivity contribution >= 4 is 11.4 Å². The van der Waals surface area contributed by atoms with E-state index in [1.807, 2.05) is 0 Å². The minimum atomic E-state index is -4.80. The first-order valence-corrected chi connectivity index (χ1v) is 6.16. The number of nitro benzene ring substituents is 1. The highest BCUT2D eigenvalue weighted by Crippen LogP contribution is 2.38. The molecule has 0 aliphatic carbocycles. The summed E-state index contributed by atoms with van der Waals surface area (Å²) in [6.07, 6.45) is -5.29. The summed E-state index contributed by atoms with van der Waals surface area (Å²) in [4.78, 5) is 11.2. The van der Waals surface area contributed by atoms with Crippen molar-refractivity contribution in [2.45, 2.75) is 12.3 Å². The van der Waals surface area contributed by atoms with E-state index in [0.717, 1.165) is 12.1 Å². The Morgan fingerprint density at radius 2 is 2.19 bits per heavy atom. The molecular weight excluding hydrogens is 293 g/mol. The predicted octanol–water partition coefficient (Wildman–Crippen LogP) is 1.81. The van der Waals surface area contributed by atoms with Crippen LogP contribution in [0.25, 0.3) is 0 Å². The van der Waals surface area contributed by atoms with Crippen molar-refractivity contribution in [2.75, 3.05) is 31.2 Å². The van der Waals surface area contributed by atoms with Crippen LogP contribution >= 0.6 is 0 Å². The third-order valence-electron chi connectivity index (χ3n) is 3.19. The fourth-order valence-corrected chi connectivity index (χ4v) is 2.17. The van der Waals surface area contributed by atoms with Gasteiger partial charge < -0.3 is 14.7 Å². The van der Waals surface area contributed by atoms with E-state index in [1.54, 1.807) is 4.90 Å². The maximum atomic E-state index is 12.9. The number of benzene rings is 1. The molecule has 1 heterocycles. The molecule has 0 spiro atoms. The van der Waals surface area contributed by atoms with Crippen molar-refractivity contribution in [3.8, 4) is 0 Å². The Hall–Kier alpha value is -1.87. The Labute approximate surface area is 117 Å². The average Bonchev–Trinajstić information content (AvgIpc) is 2.45. The minimum absolute atomic E-state index is 0.217. The quantitative estimate of drug-likeness (QED) is 0.681. The van der Waals surface area contributed by atoms with Gasteiger partial charge in [0.1, 0.15) is 5.56 Å². The number of nitro groups is 1. The molecule has 0 saturated carbocycles. The van der Waals surface area contributed by atoms with Gasteiger partial charge in [-0.15, -0.1) is 0 Å². The molecule has 2 rings (SSSR count). The van der Waals surface area contributed by atoms with Gasteiger partial charge in [-0.1, -0.05) is 0 Å². The molecule has 1 aromatic rings. The number of hydrogen-bond donors (Lipinski definition) is 1. The van der Waals surface area contributed by atoms with Gasteiger partial charge in [0.25, 0.3) is 5.69 Å². The smallest absolute Gasteiger partial charge is 0.394 e. The minimum Gasteiger partial charge on any atom is -0.394 e. The van der Waals surface area contributed by atoms with Gasteiger partial charge in [0, 0.05) is 24.8 Å². The summed E-state index contributed by atoms with van der Waals surface area (Å²) in [5.41, 5.74) is -2.04. The van der Waals surface area contributed by atoms with Crippen molar-refractivity contribution in [3.05, 3.63) is 33.9 Å². The summed E-state index contributed by atoms with van der Waals surface area (Å²) in [5, 5.41) is 19.7. The standard InChI is InChI=1S/C12H13F3N2O4/c13-12(14,15)10-5-8(1-2-11(10)17(19)20)16-3-4-21-9(6-16)7-18/h1-2,5,9,18H,3-4,6-7H2. The molecule has 1 aliphatic rings. The van der Waals surface area contributed by atoms with Gasteiger partial charge in [-0.25, -0.2) is 0 Å². The van der Waals surface area contributed by atoms with Crippen LogP contribution in [-0.4, -0.2) is 42.4 Å². The predicted molar refractivity (Wildman–Crippen MR) is 67.1 cm³/mol. The molecule has 21 heavy (non-hydrogen) atoms. The van der Waals surface area contributed by atoms with E-state index in [9.17, 15) is 23.3 Å². The Morgan fingerprint density at radius 3 is 2.76 bits per heavy atom. The first-order valence-electron chi connectivity index (χ1n) is 6.16. The molecule has 1 fully saturated rings. The second-order valence-corrected chi connectivity index (χ2v) is 4.58. The lowest BCUT2D eigenvalue weighted by Crippen LogP contribution is -2.44. The van der Waals surface area contributed by atoms with Gasteiger partial charge in [-0.3, -0.25) is 10.1 Å². The summed E-state index contributed by atoms with van der Waals surface area (Å²) in [7, 11) is 0. The summed E-state index contributed by atoms with van der Waals surface area (Å²) >= 11 is 0. The molecule has 0 bridgehead atoms. The van der Waals surface area contributed by atoms with E-state index in [0.29, 0.717) is 6.54 Å². The van der Waals surface area contributed by atoms with Crippen LogP contribution in [0.3, 0.4) is 0 Å². The van der Waals surface area contributed by atoms with Crippen LogP contribution in [0.1, 0.15) is 5.56 Å². The lowest BCUT2D eigenvalue weighted by molar-refractivity contribution is -0.388. The molecule has 0 amide bonds. The molecule has 1 atom stereocenters. The number of nitrogens with zero attached hydrogens (tertiary/aromatic N) is 2. The Morgan fingerprint density at radius 1 is 1.48 bits per heavy atom. The lowest BCUT2D eigenvalue weighted by Gasteiger charge is -2.33. The van der Waals surface area contributed by atoms with E-state index in [1.165, 1.54) is 6.07 Å². The first kappa shape index (κ1) is 15.5. The van der Waals surface area contributed by atoms with Crippen LogP contribution in [0, 0.1) is 10.1 Å². The molecule has 0 radical (unpaired) electrons. The highest BCUT2D eigenvalue weighted by Gasteiger charge is 2.39. The Kier molecular flexibility index (Phi) is 4.33. The molecule has 1 N–H and O–H groups in total. The Bertz CT molecular complexity index is 536. The fourth-order valence-electron chi connectivity index (χ4n) is 2.17. The molecule has 9 heteroatoms. The SMILES string of the molecule is O=[N+]([O-])c1ccc(N2CCOC(CO)C2)cc1C(F)(F)F. The van der Waals surface area contributed by atoms with Crippen molar-refractivity contribution in [3.63, 3.8) is 0 Å². The lowest BCUT2D eigenvalue weighted by atomic mass is 10.1. The topological polar surface area (TPSA) is 75.8 Å². The summed E-state index contributed by atoms with van der Waals surface area (Å²) in [6.45, 7) is 0.608. The van der Waals surface area contributed by atoms with E-state index in [4.69, 9.17) is 9.84 Å². The van der Waals surface area contributed by atoms with E-state index < -0.39 is 28.5 Å². The first-order chi connectivity index (χ1) is 9.82. The van der Waals surface area contributed by atoms with Crippen LogP contribution in [0.5, 0.6) is 0 Å². The summed E-state index contributed by atoms with van der Waals surface area (Å²) in [5.74, 6) is 0. The summed E-state index contributed by atoms with van der Waals surface area (Å²) < 4.78 is 43.9. The van der Waals surface area contributed by atoms with Gasteiger partial charge in [0.2, 0.25) is 0 Å². The van der Waals surface area contributed by atoms with E-state index in [2.05, 4.69) is 0 Å². The maximum absolute atomic E-state index is 12.9. The molecule has 1 aliphatic heterocycles. The maximum Gasteiger partial charge on any atom is 0.423 e. The number of morpholine rings is 1. The third kappa shape index (κ3) is 3.42. The number of alkyl halides is 3. The monoisotopic (exact) mass is 306 g/mol. The van der Waals surface area contributed by atoms with Gasteiger partial charge in [-0.05, 0) is 12.1 Å². The van der Waals surface area contributed by atoms with Gasteiger partial charge in [-0.2, -0.15) is 13.2 Å². The molecule has 0 aromatic heterocycles. The van der Waals surface area contributed by atoms with Gasteiger partial charge >= 0.3 is 6.18 Å². The highest BCUT2D eigenvalue weighted by molar-refractivity contribution is 5.57. The van der Waals surface area contributed by atoms with Crippen molar-refractivity contribution in [1.82, 2.24) is 0 Å². The molecule has 1 saturated heterocycles. The highest BCUT2D eigenvalue weighted by atomic mass is 19.4. The molecule has 1 unspecified atom stereocenters. The normalized spacial score (nSPS) is 19.6. The number of hydrogen-bond acceptors (Lipinski definition) is 5. The van der Waals surface area contributed by atoms with Crippen molar-refractivity contribution in [1.29, 1.82) is 0 Å². The second-order valence-electron chi connectivity index (χ2n) is 4.58. The van der Waals surface area contributed by atoms with Crippen LogP contribution < -0.4 is 4.90 Å². The number of ether oxygens (including phenoxy) is 1. The van der Waals surface area contributed by atoms with Crippen LogP contribution in [0.15, 0.2) is 18.2 Å². The number of rotatable bonds is 3. The van der Waals surface area contributed by atoms with Crippen LogP contribution in [0.4, 0.5) is 24.5 Å². The van der Waals surface area contributed by atoms with E-state index >= 15 is 0 Å². The largest absolute Gasteiger partial charge is 0.423 e. The number of anilines is 1. The zero-order valence-corrected chi connectivity index (χ0v) is 10.8. The number of halogens is 3. The van der Waals surface area contributed by atoms with Gasteiger partial charge in [0.15, 0.2) is 0 Å². The molecule has 6 nitrogen and oxygen atoms in total. The second kappa shape index (κ2) is 5.86. The van der Waals surface area contributed by atoms with Crippen LogP contribution in [0.2, 0.25) is 0 Å². The fraction of sp³-hybridized carbons (Fsp3) is 0.500. The average molecular weight is 306 g/mol. The van der Waals surface area contributed by atoms with Crippen molar-refractivity contribution in [2.24, 2.45) is 0 Å². The zero-order chi connectivity index (χ0) is 15.6. The van der Waals surface area contributed by atoms with Crippen molar-refractivity contribution < 1.29 is 27.9 Å². The molecular formula is C12H13F3N2O4. The Balaban J connectivity index is 2.35. The molecule has 1 aromatic carbocycles. The number of aliphatic hydroxyl groups excluding tert-OH is 1. The van der Waals surface area contributed by atoms with Crippen LogP contribution in [-0.2, 0) is 10.9 Å². The molecule has 116 valence electrons.